The molecule has 102 valence electrons. The van der Waals surface area contributed by atoms with Crippen LogP contribution in [0, 0.1) is 11.3 Å². The highest BCUT2D eigenvalue weighted by atomic mass is 16.5. The summed E-state index contributed by atoms with van der Waals surface area (Å²) in [6.07, 6.45) is 0. The van der Waals surface area contributed by atoms with Crippen molar-refractivity contribution in [1.29, 1.82) is 5.26 Å². The summed E-state index contributed by atoms with van der Waals surface area (Å²) in [5, 5.41) is 24.2. The molecule has 1 aromatic heterocycles. The molecule has 0 saturated heterocycles. The summed E-state index contributed by atoms with van der Waals surface area (Å²) in [7, 11) is 2.91. The van der Waals surface area contributed by atoms with Crippen molar-refractivity contribution in [1.82, 2.24) is 10.2 Å². The third-order valence-corrected chi connectivity index (χ3v) is 2.69. The molecule has 7 nitrogen and oxygen atoms in total. The van der Waals surface area contributed by atoms with Gasteiger partial charge < -0.3 is 14.6 Å². The van der Waals surface area contributed by atoms with Crippen molar-refractivity contribution in [2.45, 2.75) is 0 Å². The lowest BCUT2D eigenvalue weighted by Crippen LogP contribution is -1.95. The van der Waals surface area contributed by atoms with E-state index in [1.807, 2.05) is 6.07 Å². The van der Waals surface area contributed by atoms with E-state index in [9.17, 15) is 4.79 Å². The number of methoxy groups -OCH3 is 2. The third-order valence-electron chi connectivity index (χ3n) is 2.69. The molecule has 0 bridgehead atoms. The Hall–Kier alpha value is -3.01. The quantitative estimate of drug-likeness (QED) is 0.877. The Bertz CT molecular complexity index is 700. The number of rotatable bonds is 4. The summed E-state index contributed by atoms with van der Waals surface area (Å²) in [4.78, 5) is 10.9. The zero-order valence-corrected chi connectivity index (χ0v) is 10.8. The Balaban J connectivity index is 2.64. The second kappa shape index (κ2) is 5.32. The first-order chi connectivity index (χ1) is 9.60. The third kappa shape index (κ3) is 2.27. The van der Waals surface area contributed by atoms with Gasteiger partial charge in [0.05, 0.1) is 31.5 Å². The minimum atomic E-state index is -1.12. The lowest BCUT2D eigenvalue weighted by molar-refractivity contribution is 0.0690. The molecule has 0 amide bonds. The number of carboxylic acid groups (broad SMARTS) is 1. The number of nitriles is 1. The van der Waals surface area contributed by atoms with Gasteiger partial charge in [0.2, 0.25) is 0 Å². The summed E-state index contributed by atoms with van der Waals surface area (Å²) in [6.45, 7) is 0. The fourth-order valence-corrected chi connectivity index (χ4v) is 1.79. The van der Waals surface area contributed by atoms with Crippen molar-refractivity contribution >= 4 is 5.97 Å². The first-order valence-corrected chi connectivity index (χ1v) is 5.56. The van der Waals surface area contributed by atoms with Gasteiger partial charge in [0.25, 0.3) is 0 Å². The number of carbonyl (C=O) groups is 1. The number of hydrogen-bond acceptors (Lipinski definition) is 5. The average molecular weight is 273 g/mol. The monoisotopic (exact) mass is 273 g/mol. The maximum Gasteiger partial charge on any atom is 0.353 e. The number of H-pyrrole nitrogens is 1. The molecule has 2 aromatic rings. The Morgan fingerprint density at radius 3 is 2.60 bits per heavy atom. The van der Waals surface area contributed by atoms with Crippen LogP contribution in [0.15, 0.2) is 18.2 Å². The van der Waals surface area contributed by atoms with Crippen LogP contribution in [0.1, 0.15) is 16.1 Å². The number of nitrogens with zero attached hydrogens (tertiary/aromatic N) is 2. The van der Waals surface area contributed by atoms with Gasteiger partial charge in [0.1, 0.15) is 5.69 Å². The van der Waals surface area contributed by atoms with Gasteiger partial charge >= 0.3 is 5.97 Å². The smallest absolute Gasteiger partial charge is 0.353 e. The largest absolute Gasteiger partial charge is 0.493 e. The Morgan fingerprint density at radius 1 is 1.35 bits per heavy atom. The highest BCUT2D eigenvalue weighted by molar-refractivity contribution is 5.87. The van der Waals surface area contributed by atoms with Gasteiger partial charge in [-0.25, -0.2) is 4.79 Å². The number of hydrogen-bond donors (Lipinski definition) is 2. The van der Waals surface area contributed by atoms with Gasteiger partial charge in [-0.1, -0.05) is 0 Å². The first-order valence-electron chi connectivity index (χ1n) is 5.56. The number of aromatic carboxylic acids is 1. The van der Waals surface area contributed by atoms with Crippen LogP contribution in [0.5, 0.6) is 11.5 Å². The molecule has 0 aliphatic carbocycles. The number of aromatic nitrogens is 2. The van der Waals surface area contributed by atoms with E-state index < -0.39 is 5.97 Å². The fourth-order valence-electron chi connectivity index (χ4n) is 1.79. The van der Waals surface area contributed by atoms with Crippen LogP contribution in [-0.2, 0) is 0 Å². The maximum absolute atomic E-state index is 10.9. The number of carboxylic acids is 1. The van der Waals surface area contributed by atoms with Crippen molar-refractivity contribution in [2.24, 2.45) is 0 Å². The van der Waals surface area contributed by atoms with E-state index in [1.54, 1.807) is 6.07 Å². The van der Waals surface area contributed by atoms with Crippen LogP contribution in [0.4, 0.5) is 0 Å². The first kappa shape index (κ1) is 13.4. The summed E-state index contributed by atoms with van der Waals surface area (Å²) in [5.74, 6) is -0.359. The Kier molecular flexibility index (Phi) is 3.57. The second-order valence-corrected chi connectivity index (χ2v) is 3.84. The minimum absolute atomic E-state index is 0.0524. The molecule has 0 aliphatic heterocycles. The van der Waals surface area contributed by atoms with Gasteiger partial charge in [0, 0.05) is 11.6 Å². The zero-order chi connectivity index (χ0) is 14.7. The molecule has 2 N–H and O–H groups in total. The summed E-state index contributed by atoms with van der Waals surface area (Å²) in [6, 6.07) is 6.46. The molecule has 0 unspecified atom stereocenters. The van der Waals surface area contributed by atoms with E-state index in [0.717, 1.165) is 0 Å². The van der Waals surface area contributed by atoms with Crippen LogP contribution < -0.4 is 9.47 Å². The second-order valence-electron chi connectivity index (χ2n) is 3.84. The molecular weight excluding hydrogens is 262 g/mol. The number of benzene rings is 1. The van der Waals surface area contributed by atoms with E-state index in [-0.39, 0.29) is 5.69 Å². The molecule has 0 radical (unpaired) electrons. The SMILES string of the molecule is COc1cc(C#N)cc(-c2cc(C(=O)O)[nH]n2)c1OC. The van der Waals surface area contributed by atoms with E-state index in [1.165, 1.54) is 26.4 Å². The van der Waals surface area contributed by atoms with E-state index in [2.05, 4.69) is 10.2 Å². The molecule has 0 aliphatic rings. The van der Waals surface area contributed by atoms with Crippen molar-refractivity contribution in [3.05, 3.63) is 29.5 Å². The maximum atomic E-state index is 10.9. The van der Waals surface area contributed by atoms with Crippen LogP contribution in [-0.4, -0.2) is 35.5 Å². The average Bonchev–Trinajstić information content (AvgIpc) is 2.95. The lowest BCUT2D eigenvalue weighted by Gasteiger charge is -2.11. The van der Waals surface area contributed by atoms with Crippen LogP contribution >= 0.6 is 0 Å². The molecule has 1 heterocycles. The van der Waals surface area contributed by atoms with E-state index in [4.69, 9.17) is 19.8 Å². The lowest BCUT2D eigenvalue weighted by atomic mass is 10.1. The predicted molar refractivity (Wildman–Crippen MR) is 68.8 cm³/mol. The van der Waals surface area contributed by atoms with Crippen molar-refractivity contribution < 1.29 is 19.4 Å². The molecule has 7 heteroatoms. The zero-order valence-electron chi connectivity index (χ0n) is 10.8. The van der Waals surface area contributed by atoms with E-state index in [0.29, 0.717) is 28.3 Å². The molecule has 2 rings (SSSR count). The Labute approximate surface area is 114 Å². The van der Waals surface area contributed by atoms with Crippen LogP contribution in [0.25, 0.3) is 11.3 Å². The van der Waals surface area contributed by atoms with Gasteiger partial charge in [-0.15, -0.1) is 0 Å². The van der Waals surface area contributed by atoms with Crippen molar-refractivity contribution in [3.8, 4) is 28.8 Å². The standard InChI is InChI=1S/C13H11N3O4/c1-19-11-4-7(6-14)3-8(12(11)20-2)9-5-10(13(17)18)16-15-9/h3-5H,1-2H3,(H,15,16)(H,17,18). The van der Waals surface area contributed by atoms with Gasteiger partial charge in [-0.2, -0.15) is 10.4 Å². The molecule has 20 heavy (non-hydrogen) atoms. The molecule has 0 spiro atoms. The summed E-state index contributed by atoms with van der Waals surface area (Å²) < 4.78 is 10.4. The fraction of sp³-hybridized carbons (Fsp3) is 0.154. The number of nitrogens with one attached hydrogen (secondary N) is 1. The van der Waals surface area contributed by atoms with Gasteiger partial charge in [-0.05, 0) is 12.1 Å². The number of ether oxygens (including phenoxy) is 2. The topological polar surface area (TPSA) is 108 Å². The van der Waals surface area contributed by atoms with Gasteiger partial charge in [-0.3, -0.25) is 5.10 Å². The molecule has 0 atom stereocenters. The molecule has 1 aromatic carbocycles. The predicted octanol–water partition coefficient (Wildman–Crippen LogP) is 1.66. The summed E-state index contributed by atoms with van der Waals surface area (Å²) >= 11 is 0. The normalized spacial score (nSPS) is 9.85. The highest BCUT2D eigenvalue weighted by Gasteiger charge is 2.18. The van der Waals surface area contributed by atoms with Crippen molar-refractivity contribution in [3.63, 3.8) is 0 Å². The van der Waals surface area contributed by atoms with Crippen LogP contribution in [0.3, 0.4) is 0 Å². The molecular formula is C13H11N3O4. The van der Waals surface area contributed by atoms with Crippen molar-refractivity contribution in [2.75, 3.05) is 14.2 Å². The Morgan fingerprint density at radius 2 is 2.10 bits per heavy atom. The van der Waals surface area contributed by atoms with Crippen LogP contribution in [0.2, 0.25) is 0 Å². The van der Waals surface area contributed by atoms with E-state index >= 15 is 0 Å². The van der Waals surface area contributed by atoms with Gasteiger partial charge in [0.15, 0.2) is 11.5 Å². The highest BCUT2D eigenvalue weighted by Crippen LogP contribution is 2.38. The number of aromatic amines is 1. The minimum Gasteiger partial charge on any atom is -0.493 e. The molecule has 0 saturated carbocycles. The summed E-state index contributed by atoms with van der Waals surface area (Å²) in [5.41, 5.74) is 1.14. The molecule has 0 fully saturated rings.